The first-order valence-corrected chi connectivity index (χ1v) is 15.5. The van der Waals surface area contributed by atoms with Crippen LogP contribution in [0, 0.1) is 0 Å². The van der Waals surface area contributed by atoms with Crippen LogP contribution in [0.5, 0.6) is 0 Å². The molecule has 0 saturated carbocycles. The summed E-state index contributed by atoms with van der Waals surface area (Å²) in [6.07, 6.45) is 7.10. The molecule has 9 nitrogen and oxygen atoms in total. The number of rotatable bonds is 5. The summed E-state index contributed by atoms with van der Waals surface area (Å²) in [4.78, 5) is 0.301. The number of ether oxygens (including phenoxy) is 1. The van der Waals surface area contributed by atoms with Gasteiger partial charge in [0.1, 0.15) is 11.4 Å². The summed E-state index contributed by atoms with van der Waals surface area (Å²) in [6.45, 7) is 2.58. The number of nitrogens with one attached hydrogen (secondary N) is 1. The molecule has 0 aliphatic carbocycles. The van der Waals surface area contributed by atoms with Crippen LogP contribution in [0.3, 0.4) is 0 Å². The normalized spacial score (nSPS) is 17.7. The van der Waals surface area contributed by atoms with Crippen LogP contribution in [0.4, 0.5) is 0 Å². The molecule has 1 fully saturated rings. The largest absolute Gasteiger partial charge is 0.356 e. The van der Waals surface area contributed by atoms with Gasteiger partial charge in [-0.25, -0.2) is 17.8 Å². The predicted octanol–water partition coefficient (Wildman–Crippen LogP) is 4.70. The van der Waals surface area contributed by atoms with Crippen LogP contribution < -0.4 is 5.32 Å². The third kappa shape index (κ3) is 4.61. The summed E-state index contributed by atoms with van der Waals surface area (Å²) >= 11 is 0. The third-order valence-corrected chi connectivity index (χ3v) is 8.96. The second-order valence-corrected chi connectivity index (χ2v) is 12.6. The van der Waals surface area contributed by atoms with Crippen molar-refractivity contribution in [3.8, 4) is 28.2 Å². The van der Waals surface area contributed by atoms with Gasteiger partial charge in [-0.1, -0.05) is 29.5 Å². The van der Waals surface area contributed by atoms with Crippen molar-refractivity contribution in [3.63, 3.8) is 0 Å². The van der Waals surface area contributed by atoms with E-state index in [0.717, 1.165) is 78.8 Å². The van der Waals surface area contributed by atoms with Crippen LogP contribution in [0.1, 0.15) is 36.6 Å². The van der Waals surface area contributed by atoms with Crippen LogP contribution in [-0.4, -0.2) is 52.6 Å². The Kier molecular flexibility index (Phi) is 6.25. The summed E-state index contributed by atoms with van der Waals surface area (Å²) in [7, 11) is -3.26. The second kappa shape index (κ2) is 9.96. The molecule has 2 aromatic heterocycles. The first-order valence-electron chi connectivity index (χ1n) is 13.6. The van der Waals surface area contributed by atoms with Crippen molar-refractivity contribution in [1.29, 1.82) is 0 Å². The van der Waals surface area contributed by atoms with E-state index in [9.17, 15) is 8.42 Å². The van der Waals surface area contributed by atoms with Gasteiger partial charge in [0.25, 0.3) is 0 Å². The summed E-state index contributed by atoms with van der Waals surface area (Å²) in [5.41, 5.74) is 7.90. The van der Waals surface area contributed by atoms with Crippen LogP contribution in [0.15, 0.2) is 71.8 Å². The third-order valence-electron chi connectivity index (χ3n) is 7.83. The Morgan fingerprint density at radius 2 is 1.82 bits per heavy atom. The number of aromatic nitrogens is 5. The Labute approximate surface area is 232 Å². The maximum absolute atomic E-state index is 11.9. The van der Waals surface area contributed by atoms with E-state index in [1.165, 1.54) is 17.4 Å². The fourth-order valence-electron chi connectivity index (χ4n) is 5.65. The van der Waals surface area contributed by atoms with Gasteiger partial charge in [-0.05, 0) is 90.9 Å². The monoisotopic (exact) mass is 554 g/mol. The molecular weight excluding hydrogens is 524 g/mol. The van der Waals surface area contributed by atoms with Gasteiger partial charge in [0.15, 0.2) is 16.1 Å². The maximum atomic E-state index is 11.9. The van der Waals surface area contributed by atoms with Crippen molar-refractivity contribution >= 4 is 20.7 Å². The lowest BCUT2D eigenvalue weighted by atomic mass is 10.0. The predicted molar refractivity (Wildman–Crippen MR) is 153 cm³/mol. The quantitative estimate of drug-likeness (QED) is 0.336. The van der Waals surface area contributed by atoms with Crippen molar-refractivity contribution in [2.24, 2.45) is 0 Å². The average molecular weight is 555 g/mol. The zero-order chi connectivity index (χ0) is 27.3. The van der Waals surface area contributed by atoms with Crippen LogP contribution >= 0.6 is 0 Å². The number of nitrogens with zero attached hydrogens (tertiary/aromatic N) is 5. The zero-order valence-corrected chi connectivity index (χ0v) is 23.1. The van der Waals surface area contributed by atoms with E-state index >= 15 is 0 Å². The maximum Gasteiger partial charge on any atom is 0.175 e. The van der Waals surface area contributed by atoms with Crippen molar-refractivity contribution < 1.29 is 13.2 Å². The molecule has 10 heteroatoms. The van der Waals surface area contributed by atoms with Gasteiger partial charge < -0.3 is 10.1 Å². The summed E-state index contributed by atoms with van der Waals surface area (Å²) in [5, 5.41) is 18.4. The van der Waals surface area contributed by atoms with Gasteiger partial charge in [0.05, 0.1) is 22.3 Å². The highest BCUT2D eigenvalue weighted by molar-refractivity contribution is 7.90. The van der Waals surface area contributed by atoms with E-state index in [1.807, 2.05) is 29.1 Å². The Morgan fingerprint density at radius 3 is 2.62 bits per heavy atom. The smallest absolute Gasteiger partial charge is 0.175 e. The topological polar surface area (TPSA) is 104 Å². The lowest BCUT2D eigenvalue weighted by molar-refractivity contribution is -0.0365. The Morgan fingerprint density at radius 1 is 0.975 bits per heavy atom. The molecule has 0 radical (unpaired) electrons. The average Bonchev–Trinajstić information content (AvgIpc) is 3.62. The molecule has 1 atom stereocenters. The van der Waals surface area contributed by atoms with Crippen LogP contribution in [0.25, 0.3) is 39.1 Å². The standard InChI is InChI=1S/C30H30N6O3S/c1-40(37,38)25-10-6-20(7-11-25)22-8-12-28-26(17-22)30(33-36(28)29-4-2-3-15-39-29)27-19-35(34-32-27)24-9-5-21-13-14-31-18-23(21)16-24/h5-12,16-17,19,29,31H,2-4,13-15,18H2,1H3. The van der Waals surface area contributed by atoms with Crippen molar-refractivity contribution in [2.75, 3.05) is 19.4 Å². The van der Waals surface area contributed by atoms with Gasteiger partial charge in [0, 0.05) is 24.8 Å². The molecule has 0 bridgehead atoms. The molecule has 1 unspecified atom stereocenters. The van der Waals surface area contributed by atoms with Crippen molar-refractivity contribution in [2.45, 2.75) is 43.4 Å². The number of fused-ring (bicyclic) bond motifs is 2. The highest BCUT2D eigenvalue weighted by Crippen LogP contribution is 2.35. The Balaban J connectivity index is 1.31. The van der Waals surface area contributed by atoms with Crippen LogP contribution in [-0.2, 0) is 27.5 Å². The van der Waals surface area contributed by atoms with Gasteiger partial charge >= 0.3 is 0 Å². The van der Waals surface area contributed by atoms with Crippen LogP contribution in [0.2, 0.25) is 0 Å². The summed E-state index contributed by atoms with van der Waals surface area (Å²) < 4.78 is 33.8. The highest BCUT2D eigenvalue weighted by Gasteiger charge is 2.23. The van der Waals surface area contributed by atoms with E-state index in [1.54, 1.807) is 16.8 Å². The van der Waals surface area contributed by atoms with E-state index in [-0.39, 0.29) is 6.23 Å². The van der Waals surface area contributed by atoms with E-state index in [0.29, 0.717) is 10.6 Å². The molecule has 0 amide bonds. The molecule has 2 aliphatic heterocycles. The SMILES string of the molecule is CS(=O)(=O)c1ccc(-c2ccc3c(c2)c(-c2cn(-c4ccc5c(c4)CNCC5)nn2)nn3C2CCCCO2)cc1. The number of sulfone groups is 1. The lowest BCUT2D eigenvalue weighted by Crippen LogP contribution is -2.23. The minimum absolute atomic E-state index is 0.131. The molecular formula is C30H30N6O3S. The van der Waals surface area contributed by atoms with E-state index in [4.69, 9.17) is 9.84 Å². The molecule has 2 aliphatic rings. The van der Waals surface area contributed by atoms with E-state index in [2.05, 4.69) is 46.0 Å². The highest BCUT2D eigenvalue weighted by atomic mass is 32.2. The minimum Gasteiger partial charge on any atom is -0.356 e. The molecule has 0 spiro atoms. The number of benzene rings is 3. The van der Waals surface area contributed by atoms with Crippen molar-refractivity contribution in [1.82, 2.24) is 30.1 Å². The van der Waals surface area contributed by atoms with E-state index < -0.39 is 9.84 Å². The number of hydrogen-bond donors (Lipinski definition) is 1. The van der Waals surface area contributed by atoms with Gasteiger partial charge in [-0.3, -0.25) is 0 Å². The zero-order valence-electron chi connectivity index (χ0n) is 22.2. The Hall–Kier alpha value is -3.86. The molecule has 5 aromatic rings. The minimum atomic E-state index is -3.26. The number of hydrogen-bond acceptors (Lipinski definition) is 7. The molecule has 3 aromatic carbocycles. The molecule has 1 N–H and O–H groups in total. The molecule has 40 heavy (non-hydrogen) atoms. The molecule has 1 saturated heterocycles. The van der Waals surface area contributed by atoms with Gasteiger partial charge in [-0.2, -0.15) is 5.10 Å². The van der Waals surface area contributed by atoms with Gasteiger partial charge in [-0.15, -0.1) is 5.10 Å². The molecule has 204 valence electrons. The summed E-state index contributed by atoms with van der Waals surface area (Å²) in [6, 6.07) is 19.6. The fourth-order valence-corrected chi connectivity index (χ4v) is 6.28. The van der Waals surface area contributed by atoms with Gasteiger partial charge in [0.2, 0.25) is 0 Å². The first-order chi connectivity index (χ1) is 19.4. The first kappa shape index (κ1) is 25.1. The fraction of sp³-hybridized carbons (Fsp3) is 0.300. The lowest BCUT2D eigenvalue weighted by Gasteiger charge is -2.23. The molecule has 4 heterocycles. The second-order valence-electron chi connectivity index (χ2n) is 10.6. The molecule has 7 rings (SSSR count). The Bertz CT molecular complexity index is 1820. The summed E-state index contributed by atoms with van der Waals surface area (Å²) in [5.74, 6) is 0. The van der Waals surface area contributed by atoms with Crippen molar-refractivity contribution in [3.05, 3.63) is 78.0 Å².